The van der Waals surface area contributed by atoms with Crippen molar-refractivity contribution in [3.8, 4) is 0 Å². The number of hydrogen-bond donors (Lipinski definition) is 1. The van der Waals surface area contributed by atoms with Crippen LogP contribution in [-0.4, -0.2) is 30.4 Å². The summed E-state index contributed by atoms with van der Waals surface area (Å²) in [7, 11) is 0. The Morgan fingerprint density at radius 3 is 2.67 bits per heavy atom. The molecular weight excluding hydrogens is 303 g/mol. The van der Waals surface area contributed by atoms with Crippen LogP contribution >= 0.6 is 0 Å². The standard InChI is InChI=1S/C20H21FN2O/c21-19-8-5-16(6-9-19)7-10-20(24)22-12-14-23-13-11-17-3-1-2-4-18(17)15-23/h1-10H,11-15H2,(H,22,24)/b10-7-. The van der Waals surface area contributed by atoms with Gasteiger partial charge >= 0.3 is 0 Å². The Bertz CT molecular complexity index is 725. The molecular formula is C20H21FN2O. The number of carbonyl (C=O) groups is 1. The monoisotopic (exact) mass is 324 g/mol. The zero-order valence-electron chi connectivity index (χ0n) is 13.5. The van der Waals surface area contributed by atoms with Crippen molar-refractivity contribution >= 4 is 12.0 Å². The molecule has 24 heavy (non-hydrogen) atoms. The van der Waals surface area contributed by atoms with E-state index in [1.165, 1.54) is 29.3 Å². The van der Waals surface area contributed by atoms with E-state index in [4.69, 9.17) is 0 Å². The summed E-state index contributed by atoms with van der Waals surface area (Å²) in [5.74, 6) is -0.406. The number of nitrogens with zero attached hydrogens (tertiary/aromatic N) is 1. The molecule has 0 spiro atoms. The van der Waals surface area contributed by atoms with E-state index in [1.807, 2.05) is 0 Å². The molecule has 0 saturated carbocycles. The van der Waals surface area contributed by atoms with Gasteiger partial charge in [-0.1, -0.05) is 36.4 Å². The number of amides is 1. The molecule has 0 unspecified atom stereocenters. The third-order valence-electron chi connectivity index (χ3n) is 4.23. The third kappa shape index (κ3) is 4.52. The Hall–Kier alpha value is -2.46. The van der Waals surface area contributed by atoms with E-state index in [1.54, 1.807) is 18.2 Å². The number of benzene rings is 2. The molecule has 0 atom stereocenters. The summed E-state index contributed by atoms with van der Waals surface area (Å²) in [6.07, 6.45) is 4.24. The molecule has 1 amide bonds. The van der Waals surface area contributed by atoms with Crippen molar-refractivity contribution in [2.75, 3.05) is 19.6 Å². The molecule has 3 rings (SSSR count). The van der Waals surface area contributed by atoms with Gasteiger partial charge in [0, 0.05) is 32.3 Å². The topological polar surface area (TPSA) is 32.3 Å². The number of hydrogen-bond acceptors (Lipinski definition) is 2. The second-order valence-corrected chi connectivity index (χ2v) is 5.97. The molecule has 124 valence electrons. The van der Waals surface area contributed by atoms with Gasteiger partial charge < -0.3 is 5.32 Å². The van der Waals surface area contributed by atoms with Crippen LogP contribution < -0.4 is 5.32 Å². The van der Waals surface area contributed by atoms with Crippen LogP contribution in [0.4, 0.5) is 4.39 Å². The minimum atomic E-state index is -0.278. The average Bonchev–Trinajstić information content (AvgIpc) is 2.61. The zero-order valence-corrected chi connectivity index (χ0v) is 13.5. The van der Waals surface area contributed by atoms with Crippen molar-refractivity contribution < 1.29 is 9.18 Å². The Morgan fingerprint density at radius 1 is 1.12 bits per heavy atom. The summed E-state index contributed by atoms with van der Waals surface area (Å²) in [5, 5.41) is 2.89. The van der Waals surface area contributed by atoms with Crippen molar-refractivity contribution in [3.05, 3.63) is 77.1 Å². The third-order valence-corrected chi connectivity index (χ3v) is 4.23. The largest absolute Gasteiger partial charge is 0.351 e. The smallest absolute Gasteiger partial charge is 0.244 e. The number of halogens is 1. The summed E-state index contributed by atoms with van der Waals surface area (Å²) in [4.78, 5) is 14.2. The van der Waals surface area contributed by atoms with Crippen LogP contribution in [0.1, 0.15) is 16.7 Å². The second-order valence-electron chi connectivity index (χ2n) is 5.97. The summed E-state index contributed by atoms with van der Waals surface area (Å²) in [5.41, 5.74) is 3.62. The number of nitrogens with one attached hydrogen (secondary N) is 1. The first kappa shape index (κ1) is 16.4. The molecule has 0 fully saturated rings. The molecule has 1 N–H and O–H groups in total. The van der Waals surface area contributed by atoms with Gasteiger partial charge in [-0.25, -0.2) is 4.39 Å². The van der Waals surface area contributed by atoms with Crippen LogP contribution in [0.15, 0.2) is 54.6 Å². The predicted molar refractivity (Wildman–Crippen MR) is 93.9 cm³/mol. The maximum atomic E-state index is 12.8. The number of carbonyl (C=O) groups excluding carboxylic acids is 1. The van der Waals surface area contributed by atoms with Crippen molar-refractivity contribution in [1.82, 2.24) is 10.2 Å². The highest BCUT2D eigenvalue weighted by Gasteiger charge is 2.14. The molecule has 0 saturated heterocycles. The van der Waals surface area contributed by atoms with Gasteiger partial charge in [-0.2, -0.15) is 0 Å². The molecule has 1 aliphatic rings. The Morgan fingerprint density at radius 2 is 1.88 bits per heavy atom. The van der Waals surface area contributed by atoms with Crippen LogP contribution in [0.2, 0.25) is 0 Å². The fourth-order valence-corrected chi connectivity index (χ4v) is 2.89. The molecule has 0 radical (unpaired) electrons. The van der Waals surface area contributed by atoms with Crippen LogP contribution in [0.3, 0.4) is 0 Å². The lowest BCUT2D eigenvalue weighted by atomic mass is 10.00. The van der Waals surface area contributed by atoms with Crippen molar-refractivity contribution in [2.45, 2.75) is 13.0 Å². The summed E-state index contributed by atoms with van der Waals surface area (Å²) >= 11 is 0. The predicted octanol–water partition coefficient (Wildman–Crippen LogP) is 3.01. The quantitative estimate of drug-likeness (QED) is 0.858. The van der Waals surface area contributed by atoms with Crippen LogP contribution in [0.25, 0.3) is 6.08 Å². The molecule has 0 bridgehead atoms. The fraction of sp³-hybridized carbons (Fsp3) is 0.250. The summed E-state index contributed by atoms with van der Waals surface area (Å²) in [6, 6.07) is 14.6. The van der Waals surface area contributed by atoms with E-state index in [2.05, 4.69) is 34.5 Å². The highest BCUT2D eigenvalue weighted by atomic mass is 19.1. The Labute approximate surface area is 141 Å². The molecule has 0 aliphatic carbocycles. The number of fused-ring (bicyclic) bond motifs is 1. The van der Waals surface area contributed by atoms with Crippen LogP contribution in [-0.2, 0) is 17.8 Å². The first-order chi connectivity index (χ1) is 11.7. The molecule has 0 aromatic heterocycles. The van der Waals surface area contributed by atoms with Gasteiger partial charge in [-0.15, -0.1) is 0 Å². The molecule has 2 aromatic carbocycles. The maximum Gasteiger partial charge on any atom is 0.244 e. The van der Waals surface area contributed by atoms with Crippen LogP contribution in [0, 0.1) is 5.82 Å². The van der Waals surface area contributed by atoms with Crippen LogP contribution in [0.5, 0.6) is 0 Å². The van der Waals surface area contributed by atoms with E-state index < -0.39 is 0 Å². The van der Waals surface area contributed by atoms with Crippen molar-refractivity contribution in [3.63, 3.8) is 0 Å². The maximum absolute atomic E-state index is 12.8. The molecule has 1 heterocycles. The zero-order chi connectivity index (χ0) is 16.8. The highest BCUT2D eigenvalue weighted by molar-refractivity contribution is 5.91. The van der Waals surface area contributed by atoms with Gasteiger partial charge in [-0.3, -0.25) is 9.69 Å². The van der Waals surface area contributed by atoms with Gasteiger partial charge in [0.05, 0.1) is 0 Å². The SMILES string of the molecule is O=C(/C=C\c1ccc(F)cc1)NCCN1CCc2ccccc2C1. The highest BCUT2D eigenvalue weighted by Crippen LogP contribution is 2.17. The second kappa shape index (κ2) is 7.88. The van der Waals surface area contributed by atoms with Gasteiger partial charge in [-0.05, 0) is 41.3 Å². The van der Waals surface area contributed by atoms with E-state index >= 15 is 0 Å². The van der Waals surface area contributed by atoms with Gasteiger partial charge in [0.15, 0.2) is 0 Å². The van der Waals surface area contributed by atoms with Gasteiger partial charge in [0.2, 0.25) is 5.91 Å². The lowest BCUT2D eigenvalue weighted by Gasteiger charge is -2.28. The van der Waals surface area contributed by atoms with Crippen molar-refractivity contribution in [2.24, 2.45) is 0 Å². The Kier molecular flexibility index (Phi) is 5.39. The minimum absolute atomic E-state index is 0.128. The lowest BCUT2D eigenvalue weighted by Crippen LogP contribution is -2.37. The molecule has 1 aliphatic heterocycles. The molecule has 3 nitrogen and oxygen atoms in total. The first-order valence-corrected chi connectivity index (χ1v) is 8.21. The van der Waals surface area contributed by atoms with Gasteiger partial charge in [0.1, 0.15) is 5.82 Å². The van der Waals surface area contributed by atoms with E-state index in [0.29, 0.717) is 6.54 Å². The van der Waals surface area contributed by atoms with E-state index in [9.17, 15) is 9.18 Å². The lowest BCUT2D eigenvalue weighted by molar-refractivity contribution is -0.116. The summed E-state index contributed by atoms with van der Waals surface area (Å²) in [6.45, 7) is 3.43. The number of rotatable bonds is 5. The van der Waals surface area contributed by atoms with Gasteiger partial charge in [0.25, 0.3) is 0 Å². The fourth-order valence-electron chi connectivity index (χ4n) is 2.89. The summed E-state index contributed by atoms with van der Waals surface area (Å²) < 4.78 is 12.8. The van der Waals surface area contributed by atoms with E-state index in [-0.39, 0.29) is 11.7 Å². The average molecular weight is 324 g/mol. The minimum Gasteiger partial charge on any atom is -0.351 e. The molecule has 4 heteroatoms. The Balaban J connectivity index is 1.42. The van der Waals surface area contributed by atoms with E-state index in [0.717, 1.165) is 31.6 Å². The normalized spacial score (nSPS) is 14.5. The molecule has 2 aromatic rings. The van der Waals surface area contributed by atoms with Crippen molar-refractivity contribution in [1.29, 1.82) is 0 Å². The first-order valence-electron chi connectivity index (χ1n) is 8.21.